The molecule has 1 aliphatic carbocycles. The Hall–Kier alpha value is -2.20. The number of hydrogen-bond acceptors (Lipinski definition) is 3. The van der Waals surface area contributed by atoms with Gasteiger partial charge in [-0.05, 0) is 36.5 Å². The van der Waals surface area contributed by atoms with Crippen LogP contribution in [0.4, 0.5) is 0 Å². The minimum Gasteiger partial charge on any atom is -0.481 e. The Kier molecular flexibility index (Phi) is 4.53. The van der Waals surface area contributed by atoms with E-state index in [1.807, 2.05) is 4.68 Å². The van der Waals surface area contributed by atoms with Crippen LogP contribution in [0.25, 0.3) is 12.2 Å². The molecular weight excluding hydrogens is 347 g/mol. The van der Waals surface area contributed by atoms with Crippen molar-refractivity contribution in [3.8, 4) is 0 Å². The SMILES string of the molecule is C=[P+](C)Cc1cn(C2CCc3c(CC(=O)O)c4c(n3C2)=CCCC=4)nn1. The van der Waals surface area contributed by atoms with E-state index in [1.165, 1.54) is 11.0 Å². The molecule has 0 fully saturated rings. The maximum Gasteiger partial charge on any atom is 0.307 e. The summed E-state index contributed by atoms with van der Waals surface area (Å²) in [5.41, 5.74) is 3.22. The molecule has 2 aromatic rings. The first-order chi connectivity index (χ1) is 12.5. The number of carbonyl (C=O) groups is 1. The van der Waals surface area contributed by atoms with Crippen LogP contribution >= 0.6 is 7.55 Å². The lowest BCUT2D eigenvalue weighted by Gasteiger charge is -2.25. The first-order valence-electron chi connectivity index (χ1n) is 9.07. The van der Waals surface area contributed by atoms with E-state index in [2.05, 4.69) is 46.2 Å². The predicted octanol–water partition coefficient (Wildman–Crippen LogP) is 1.29. The Morgan fingerprint density at radius 3 is 3.00 bits per heavy atom. The highest BCUT2D eigenvalue weighted by Crippen LogP contribution is 2.26. The molecule has 0 bridgehead atoms. The van der Waals surface area contributed by atoms with Crippen molar-refractivity contribution >= 4 is 32.0 Å². The number of aromatic nitrogens is 4. The lowest BCUT2D eigenvalue weighted by molar-refractivity contribution is -0.136. The van der Waals surface area contributed by atoms with E-state index >= 15 is 0 Å². The molecule has 0 aromatic carbocycles. The minimum absolute atomic E-state index is 0.108. The smallest absolute Gasteiger partial charge is 0.307 e. The first-order valence-corrected chi connectivity index (χ1v) is 11.2. The van der Waals surface area contributed by atoms with Crippen molar-refractivity contribution in [2.75, 3.05) is 6.66 Å². The van der Waals surface area contributed by atoms with Gasteiger partial charge >= 0.3 is 5.97 Å². The summed E-state index contributed by atoms with van der Waals surface area (Å²) < 4.78 is 4.32. The number of carboxylic acids is 1. The normalized spacial score (nSPS) is 19.1. The molecular formula is C19H24N4O2P+. The van der Waals surface area contributed by atoms with Gasteiger partial charge in [0.1, 0.15) is 5.69 Å². The highest BCUT2D eigenvalue weighted by molar-refractivity contribution is 7.54. The van der Waals surface area contributed by atoms with Crippen molar-refractivity contribution < 1.29 is 9.90 Å². The average molecular weight is 371 g/mol. The molecule has 1 aliphatic heterocycles. The molecule has 2 aromatic heterocycles. The van der Waals surface area contributed by atoms with Crippen molar-refractivity contribution in [3.63, 3.8) is 0 Å². The van der Waals surface area contributed by atoms with E-state index in [0.717, 1.165) is 54.9 Å². The molecule has 0 radical (unpaired) electrons. The third-order valence-corrected chi connectivity index (χ3v) is 6.08. The standard InChI is InChI=1S/C19H23N4O2P/c1-26(2)12-13-10-23(21-20-13)14-7-8-18-16(9-19(24)25)15-5-3-4-6-17(15)22(18)11-14/h5-6,10,14H,1,3-4,7-9,11-12H2,2H3/p+1. The lowest BCUT2D eigenvalue weighted by Crippen LogP contribution is -2.35. The van der Waals surface area contributed by atoms with Crippen LogP contribution in [0.5, 0.6) is 0 Å². The molecule has 0 spiro atoms. The summed E-state index contributed by atoms with van der Waals surface area (Å²) in [6.07, 6.45) is 15.5. The highest BCUT2D eigenvalue weighted by atomic mass is 31.1. The summed E-state index contributed by atoms with van der Waals surface area (Å²) in [4.78, 5) is 11.4. The van der Waals surface area contributed by atoms with Gasteiger partial charge in [0.15, 0.2) is 6.16 Å². The van der Waals surface area contributed by atoms with Crippen LogP contribution in [0, 0.1) is 0 Å². The lowest BCUT2D eigenvalue weighted by atomic mass is 10.0. The predicted molar refractivity (Wildman–Crippen MR) is 104 cm³/mol. The van der Waals surface area contributed by atoms with E-state index in [0.29, 0.717) is 0 Å². The van der Waals surface area contributed by atoms with Crippen LogP contribution in [0.2, 0.25) is 0 Å². The van der Waals surface area contributed by atoms with Crippen LogP contribution < -0.4 is 10.6 Å². The Morgan fingerprint density at radius 2 is 2.23 bits per heavy atom. The van der Waals surface area contributed by atoms with Crippen LogP contribution in [-0.4, -0.2) is 43.6 Å². The second-order valence-corrected chi connectivity index (χ2v) is 9.32. The van der Waals surface area contributed by atoms with Crippen LogP contribution in [0.1, 0.15) is 42.3 Å². The van der Waals surface area contributed by atoms with Crippen molar-refractivity contribution in [3.05, 3.63) is 33.7 Å². The first kappa shape index (κ1) is 17.2. The van der Waals surface area contributed by atoms with Crippen molar-refractivity contribution in [1.82, 2.24) is 19.6 Å². The molecule has 2 atom stereocenters. The van der Waals surface area contributed by atoms with Gasteiger partial charge in [0, 0.05) is 17.6 Å². The molecule has 6 nitrogen and oxygen atoms in total. The molecule has 4 rings (SSSR count). The zero-order chi connectivity index (χ0) is 18.3. The molecule has 2 unspecified atom stereocenters. The average Bonchev–Trinajstić information content (AvgIpc) is 3.18. The molecule has 2 aliphatic rings. The summed E-state index contributed by atoms with van der Waals surface area (Å²) in [7, 11) is -0.271. The number of rotatable bonds is 5. The Morgan fingerprint density at radius 1 is 1.42 bits per heavy atom. The Bertz CT molecular complexity index is 1000. The number of aliphatic carboxylic acids is 1. The van der Waals surface area contributed by atoms with Gasteiger partial charge in [-0.25, -0.2) is 4.68 Å². The van der Waals surface area contributed by atoms with Crippen LogP contribution in [0.15, 0.2) is 6.20 Å². The maximum atomic E-state index is 11.4. The number of nitrogens with zero attached hydrogens (tertiary/aromatic N) is 4. The van der Waals surface area contributed by atoms with Gasteiger partial charge < -0.3 is 9.67 Å². The van der Waals surface area contributed by atoms with E-state index in [-0.39, 0.29) is 20.0 Å². The molecule has 0 amide bonds. The van der Waals surface area contributed by atoms with Crippen molar-refractivity contribution in [2.24, 2.45) is 0 Å². The number of fused-ring (bicyclic) bond motifs is 3. The fourth-order valence-electron chi connectivity index (χ4n) is 4.16. The second-order valence-electron chi connectivity index (χ2n) is 7.29. The summed E-state index contributed by atoms with van der Waals surface area (Å²) in [6.45, 7) is 2.97. The van der Waals surface area contributed by atoms with Gasteiger partial charge in [0.2, 0.25) is 0 Å². The molecule has 26 heavy (non-hydrogen) atoms. The maximum absolute atomic E-state index is 11.4. The molecule has 1 N–H and O–H groups in total. The quantitative estimate of drug-likeness (QED) is 0.804. The molecule has 0 saturated carbocycles. The zero-order valence-corrected chi connectivity index (χ0v) is 16.0. The van der Waals surface area contributed by atoms with Gasteiger partial charge in [0.05, 0.1) is 39.2 Å². The van der Waals surface area contributed by atoms with Gasteiger partial charge in [0.25, 0.3) is 0 Å². The molecule has 0 saturated heterocycles. The van der Waals surface area contributed by atoms with E-state index in [9.17, 15) is 9.90 Å². The summed E-state index contributed by atoms with van der Waals surface area (Å²) in [6, 6.07) is 0.265. The highest BCUT2D eigenvalue weighted by Gasteiger charge is 2.26. The summed E-state index contributed by atoms with van der Waals surface area (Å²) >= 11 is 0. The number of hydrogen-bond donors (Lipinski definition) is 1. The number of carboxylic acid groups (broad SMARTS) is 1. The van der Waals surface area contributed by atoms with E-state index < -0.39 is 5.97 Å². The van der Waals surface area contributed by atoms with Gasteiger partial charge in [-0.15, -0.1) is 5.10 Å². The monoisotopic (exact) mass is 371 g/mol. The zero-order valence-electron chi connectivity index (χ0n) is 15.1. The van der Waals surface area contributed by atoms with Crippen molar-refractivity contribution in [2.45, 2.75) is 50.9 Å². The van der Waals surface area contributed by atoms with Crippen LogP contribution in [0.3, 0.4) is 0 Å². The minimum atomic E-state index is -0.757. The third-order valence-electron chi connectivity index (χ3n) is 5.22. The van der Waals surface area contributed by atoms with E-state index in [4.69, 9.17) is 0 Å². The fraction of sp³-hybridized carbons (Fsp3) is 0.474. The second kappa shape index (κ2) is 6.84. The summed E-state index contributed by atoms with van der Waals surface area (Å²) in [5, 5.41) is 20.3. The van der Waals surface area contributed by atoms with Gasteiger partial charge in [-0.1, -0.05) is 17.4 Å². The third kappa shape index (κ3) is 3.14. The van der Waals surface area contributed by atoms with E-state index in [1.54, 1.807) is 0 Å². The van der Waals surface area contributed by atoms with Crippen molar-refractivity contribution in [1.29, 1.82) is 0 Å². The molecule has 3 heterocycles. The fourth-order valence-corrected chi connectivity index (χ4v) is 4.86. The Labute approximate surface area is 153 Å². The van der Waals surface area contributed by atoms with Gasteiger partial charge in [-0.2, -0.15) is 0 Å². The van der Waals surface area contributed by atoms with Crippen LogP contribution in [-0.2, 0) is 30.3 Å². The Balaban J connectivity index is 1.69. The molecule has 136 valence electrons. The summed E-state index contributed by atoms with van der Waals surface area (Å²) in [5.74, 6) is -0.757. The van der Waals surface area contributed by atoms with Gasteiger partial charge in [-0.3, -0.25) is 4.79 Å². The largest absolute Gasteiger partial charge is 0.481 e. The topological polar surface area (TPSA) is 72.9 Å². The molecule has 7 heteroatoms.